The summed E-state index contributed by atoms with van der Waals surface area (Å²) >= 11 is 6.51. The summed E-state index contributed by atoms with van der Waals surface area (Å²) in [5.41, 5.74) is 10.2. The van der Waals surface area contributed by atoms with Crippen LogP contribution in [-0.4, -0.2) is 76.1 Å². The second-order valence-corrected chi connectivity index (χ2v) is 22.9. The summed E-state index contributed by atoms with van der Waals surface area (Å²) in [6.45, 7) is 0. The van der Waals surface area contributed by atoms with Crippen LogP contribution in [0, 0.1) is 0 Å². The van der Waals surface area contributed by atoms with Gasteiger partial charge in [0.25, 0.3) is 0 Å². The zero-order valence-electron chi connectivity index (χ0n) is 41.6. The maximum atomic E-state index is 9.33. The first kappa shape index (κ1) is 50.4. The number of nitrogens with zero attached hydrogens (tertiary/aromatic N) is 6. The number of fused-ring (bicyclic) bond motifs is 6. The van der Waals surface area contributed by atoms with Crippen molar-refractivity contribution < 1.29 is 10.0 Å². The average Bonchev–Trinajstić information content (AvgIpc) is 4.20. The van der Waals surface area contributed by atoms with Gasteiger partial charge in [-0.05, 0) is 22.7 Å². The average molecular weight is 1160 g/mol. The van der Waals surface area contributed by atoms with Crippen LogP contribution in [0.2, 0.25) is 5.28 Å². The first-order valence-electron chi connectivity index (χ1n) is 25.2. The Morgan fingerprint density at radius 3 is 1.06 bits per heavy atom. The van der Waals surface area contributed by atoms with Gasteiger partial charge in [0.2, 0.25) is 5.28 Å². The number of benzene rings is 10. The Hall–Kier alpha value is -8.47. The molecule has 14 rings (SSSR count). The molecule has 0 radical (unpaired) electrons. The Kier molecular flexibility index (Phi) is 14.9. The molecule has 10 aromatic carbocycles. The minimum absolute atomic E-state index is 0.187. The van der Waals surface area contributed by atoms with Gasteiger partial charge in [-0.3, -0.25) is 0 Å². The summed E-state index contributed by atoms with van der Waals surface area (Å²) in [5, 5.41) is 23.9. The molecule has 2 N–H and O–H groups in total. The van der Waals surface area contributed by atoms with Crippen molar-refractivity contribution in [3.63, 3.8) is 0 Å². The van der Waals surface area contributed by atoms with Crippen LogP contribution in [0.25, 0.3) is 118 Å². The van der Waals surface area contributed by atoms with Gasteiger partial charge in [-0.15, -0.1) is 0 Å². The molecule has 0 aliphatic heterocycles. The zero-order valence-corrected chi connectivity index (χ0v) is 45.8. The molecule has 0 saturated carbocycles. The molecule has 0 fully saturated rings. The topological polar surface area (TPSA) is 118 Å². The molecule has 0 aliphatic carbocycles. The summed E-state index contributed by atoms with van der Waals surface area (Å²) < 4.78 is 5.17. The Morgan fingerprint density at radius 1 is 0.282 bits per heavy atom. The molecule has 0 aliphatic rings. The third-order valence-electron chi connectivity index (χ3n) is 13.2. The van der Waals surface area contributed by atoms with Crippen molar-refractivity contribution in [2.45, 2.75) is 0 Å². The summed E-state index contributed by atoms with van der Waals surface area (Å²) in [7, 11) is -1.37. The SMILES string of the molecule is Clc1nc(-c2ccccc2)nc(-c2ccc(-c3ccccc3)cc2)n1.OB(O)c1cccc2c1[se]c1ccccc12.c1ccc(-c2ccc(-c3nc(-c4ccccc4)nc(-c4cccc5c4[se]c4ccccc45)n3)cc2)cc1. The van der Waals surface area contributed by atoms with E-state index in [9.17, 15) is 10.0 Å². The fourth-order valence-electron chi connectivity index (χ4n) is 9.32. The van der Waals surface area contributed by atoms with E-state index in [-0.39, 0.29) is 34.3 Å². The predicted molar refractivity (Wildman–Crippen MR) is 323 cm³/mol. The Morgan fingerprint density at radius 2 is 0.603 bits per heavy atom. The van der Waals surface area contributed by atoms with Gasteiger partial charge in [0.05, 0.1) is 0 Å². The quantitative estimate of drug-likeness (QED) is 0.145. The van der Waals surface area contributed by atoms with E-state index in [4.69, 9.17) is 26.6 Å². The first-order chi connectivity index (χ1) is 38.4. The first-order valence-corrected chi connectivity index (χ1v) is 29.0. The summed E-state index contributed by atoms with van der Waals surface area (Å²) in [6.07, 6.45) is 0. The van der Waals surface area contributed by atoms with Crippen molar-refractivity contribution in [1.29, 1.82) is 0 Å². The molecule has 0 atom stereocenters. The number of halogens is 1. The van der Waals surface area contributed by atoms with Crippen LogP contribution in [0.1, 0.15) is 0 Å². The van der Waals surface area contributed by atoms with Crippen LogP contribution in [0.5, 0.6) is 0 Å². The summed E-state index contributed by atoms with van der Waals surface area (Å²) in [4.78, 5) is 28.0. The van der Waals surface area contributed by atoms with E-state index >= 15 is 0 Å². The Labute approximate surface area is 467 Å². The van der Waals surface area contributed by atoms with E-state index in [2.05, 4.69) is 161 Å². The van der Waals surface area contributed by atoms with Crippen molar-refractivity contribution >= 4 is 91.8 Å². The van der Waals surface area contributed by atoms with Gasteiger partial charge >= 0.3 is 314 Å². The minimum atomic E-state index is -1.37. The second kappa shape index (κ2) is 23.0. The van der Waals surface area contributed by atoms with Crippen molar-refractivity contribution in [1.82, 2.24) is 29.9 Å². The molecule has 8 nitrogen and oxygen atoms in total. The molecule has 0 spiro atoms. The van der Waals surface area contributed by atoms with Gasteiger partial charge in [-0.25, -0.2) is 4.98 Å². The van der Waals surface area contributed by atoms with E-state index < -0.39 is 7.12 Å². The van der Waals surface area contributed by atoms with Crippen LogP contribution in [0.3, 0.4) is 0 Å². The van der Waals surface area contributed by atoms with E-state index in [1.165, 1.54) is 45.6 Å². The monoisotopic (exact) mass is 1160 g/mol. The van der Waals surface area contributed by atoms with Crippen molar-refractivity contribution in [2.75, 3.05) is 0 Å². The molecule has 0 bridgehead atoms. The molecule has 372 valence electrons. The molecule has 14 aromatic rings. The van der Waals surface area contributed by atoms with Gasteiger partial charge in [0.1, 0.15) is 0 Å². The molecule has 4 aromatic heterocycles. The Balaban J connectivity index is 0.000000128. The number of hydrogen-bond acceptors (Lipinski definition) is 8. The van der Waals surface area contributed by atoms with Crippen molar-refractivity contribution in [3.8, 4) is 79.2 Å². The van der Waals surface area contributed by atoms with Crippen LogP contribution in [0.4, 0.5) is 0 Å². The number of aromatic nitrogens is 6. The van der Waals surface area contributed by atoms with Crippen LogP contribution in [0.15, 0.2) is 255 Å². The molecule has 4 heterocycles. The van der Waals surface area contributed by atoms with Crippen LogP contribution >= 0.6 is 11.6 Å². The number of rotatable bonds is 8. The fraction of sp³-hybridized carbons (Fsp3) is 0. The zero-order chi connectivity index (χ0) is 52.8. The van der Waals surface area contributed by atoms with Crippen LogP contribution < -0.4 is 5.46 Å². The van der Waals surface area contributed by atoms with Gasteiger partial charge in [-0.2, -0.15) is 9.97 Å². The van der Waals surface area contributed by atoms with E-state index in [1.807, 2.05) is 103 Å². The van der Waals surface area contributed by atoms with Gasteiger partial charge in [-0.1, -0.05) is 91.0 Å². The third-order valence-corrected chi connectivity index (χ3v) is 18.5. The van der Waals surface area contributed by atoms with Gasteiger partial charge in [0, 0.05) is 11.1 Å². The molecular weight excluding hydrogens is 1110 g/mol. The standard InChI is InChI=1S/C33H21N3Se.C21H14ClN3.C12H9BO2Se/c1-3-10-22(11-4-1)23-18-20-25(21-19-23)32-34-31(24-12-5-2-6-13-24)35-33(36-32)28-16-9-15-27-26-14-7-8-17-29(26)37-30(27)28;22-21-24-19(17-9-5-2-6-10-17)23-20(25-21)18-13-11-16(12-14-18)15-7-3-1-4-8-15;14-13(15)10-6-3-5-9-8-4-1-2-7-11(8)16-12(9)10/h1-21H;1-14H;1-7,14-15H. The molecule has 0 amide bonds. The van der Waals surface area contributed by atoms with E-state index in [0.717, 1.165) is 48.9 Å². The Bertz CT molecular complexity index is 4360. The molecule has 12 heteroatoms. The molecule has 0 unspecified atom stereocenters. The maximum absolute atomic E-state index is 9.33. The van der Waals surface area contributed by atoms with Gasteiger partial charge in [0.15, 0.2) is 11.6 Å². The van der Waals surface area contributed by atoms with E-state index in [0.29, 0.717) is 28.8 Å². The van der Waals surface area contributed by atoms with Crippen LogP contribution in [-0.2, 0) is 0 Å². The summed E-state index contributed by atoms with van der Waals surface area (Å²) in [6, 6.07) is 86.3. The molecular formula is C66H44BClN6O2Se2. The van der Waals surface area contributed by atoms with Crippen molar-refractivity contribution in [2.24, 2.45) is 0 Å². The van der Waals surface area contributed by atoms with E-state index in [1.54, 1.807) is 6.07 Å². The molecule has 78 heavy (non-hydrogen) atoms. The van der Waals surface area contributed by atoms with Crippen molar-refractivity contribution in [3.05, 3.63) is 260 Å². The predicted octanol–water partition coefficient (Wildman–Crippen LogP) is 14.2. The second-order valence-electron chi connectivity index (χ2n) is 18.2. The summed E-state index contributed by atoms with van der Waals surface area (Å²) in [5.74, 6) is 3.24. The molecule has 0 saturated heterocycles. The fourth-order valence-corrected chi connectivity index (χ4v) is 14.6. The number of hydrogen-bond donors (Lipinski definition) is 2. The normalized spacial score (nSPS) is 11.0. The van der Waals surface area contributed by atoms with Gasteiger partial charge < -0.3 is 0 Å². The third kappa shape index (κ3) is 10.9.